The Kier molecular flexibility index (Phi) is 9.34. The zero-order valence-electron chi connectivity index (χ0n) is 30.1. The number of rotatable bonds is 5. The van der Waals surface area contributed by atoms with Crippen LogP contribution in [0.3, 0.4) is 0 Å². The number of hydrogen-bond donors (Lipinski definition) is 0. The summed E-state index contributed by atoms with van der Waals surface area (Å²) < 4.78 is 37.9. The van der Waals surface area contributed by atoms with Gasteiger partial charge >= 0.3 is 0 Å². The number of fused-ring (bicyclic) bond motifs is 2. The summed E-state index contributed by atoms with van der Waals surface area (Å²) >= 11 is 6.11. The predicted molar refractivity (Wildman–Crippen MR) is 200 cm³/mol. The third-order valence-electron chi connectivity index (χ3n) is 10.5. The molecule has 5 aromatic rings. The lowest BCUT2D eigenvalue weighted by Gasteiger charge is -2.37. The molecular weight excluding hydrogens is 678 g/mol. The van der Waals surface area contributed by atoms with Crippen LogP contribution in [0.25, 0.3) is 0 Å². The molecule has 2 atom stereocenters. The highest BCUT2D eigenvalue weighted by molar-refractivity contribution is 6.30. The minimum atomic E-state index is -0.0585. The van der Waals surface area contributed by atoms with Crippen LogP contribution in [0.4, 0.5) is 0 Å². The molecule has 0 aliphatic carbocycles. The largest absolute Gasteiger partial charge is 0.493 e. The zero-order chi connectivity index (χ0) is 35.9. The minimum absolute atomic E-state index is 0.0585. The number of aromatic nitrogens is 1. The lowest BCUT2D eigenvalue weighted by atomic mass is 9.87. The van der Waals surface area contributed by atoms with Gasteiger partial charge in [-0.15, -0.1) is 0 Å². The first-order valence-corrected chi connectivity index (χ1v) is 18.0. The van der Waals surface area contributed by atoms with Crippen molar-refractivity contribution in [2.45, 2.75) is 37.8 Å². The van der Waals surface area contributed by atoms with Crippen molar-refractivity contribution in [3.63, 3.8) is 0 Å². The molecule has 52 heavy (non-hydrogen) atoms. The summed E-state index contributed by atoms with van der Waals surface area (Å²) in [6.45, 7) is 1.80. The average Bonchev–Trinajstić information content (AvgIpc) is 3.15. The third kappa shape index (κ3) is 6.49. The third-order valence-corrected chi connectivity index (χ3v) is 10.8. The lowest BCUT2D eigenvalue weighted by Crippen LogP contribution is -2.34. The van der Waals surface area contributed by atoms with E-state index in [9.17, 15) is 0 Å². The Morgan fingerprint density at radius 1 is 0.692 bits per heavy atom. The summed E-state index contributed by atoms with van der Waals surface area (Å²) in [7, 11) is 9.37. The Bertz CT molecular complexity index is 2110. The number of halogens is 1. The van der Waals surface area contributed by atoms with Gasteiger partial charge < -0.3 is 28.4 Å². The zero-order valence-corrected chi connectivity index (χ0v) is 30.8. The molecule has 10 heteroatoms. The number of ether oxygens (including phenoxy) is 6. The predicted octanol–water partition coefficient (Wildman–Crippen LogP) is 8.99. The summed E-state index contributed by atoms with van der Waals surface area (Å²) in [6.07, 6.45) is 4.80. The molecular formula is C42H42ClN3O6. The maximum atomic E-state index is 7.07. The Morgan fingerprint density at radius 3 is 2.12 bits per heavy atom. The van der Waals surface area contributed by atoms with Crippen LogP contribution >= 0.6 is 11.6 Å². The SMILES string of the molecule is COc1cc2c3cc1Oc1c(OC)c(OC)cc4c1[C@@H](Cc1ccc(Oc5ccc(Cl)cn5)c(c1)Oc1ccc(cc1)C[C@@H]3N(C)CC2)N(C)CC4. The normalized spacial score (nSPS) is 18.3. The molecule has 0 radical (unpaired) electrons. The van der Waals surface area contributed by atoms with E-state index in [1.165, 1.54) is 16.7 Å². The van der Waals surface area contributed by atoms with Crippen LogP contribution in [-0.2, 0) is 25.7 Å². The molecule has 4 aliphatic heterocycles. The quantitative estimate of drug-likeness (QED) is 0.177. The molecule has 0 saturated heterocycles. The number of methoxy groups -OCH3 is 3. The van der Waals surface area contributed by atoms with Crippen LogP contribution in [0.15, 0.2) is 79.0 Å². The molecule has 9 nitrogen and oxygen atoms in total. The molecule has 0 fully saturated rings. The van der Waals surface area contributed by atoms with E-state index < -0.39 is 0 Å². The standard InChI is InChI=1S/C42H42ClN3O6/c1-45-16-14-27-21-35(47-3)37-23-31(27)32(45)18-25-6-10-30(11-7-25)50-36-20-26(8-12-34(36)51-39-13-9-29(43)24-44-39)19-33-40-28(15-17-46(33)2)22-38(48-4)41(49-5)42(40)52-37/h6-13,20-24,32-33H,14-19H2,1-5H3/t32-,33+/m0/s1. The highest BCUT2D eigenvalue weighted by atomic mass is 35.5. The van der Waals surface area contributed by atoms with Gasteiger partial charge in [-0.05, 0) is 116 Å². The van der Waals surface area contributed by atoms with Crippen molar-refractivity contribution in [2.75, 3.05) is 48.5 Å². The van der Waals surface area contributed by atoms with Gasteiger partial charge in [-0.25, -0.2) is 4.98 Å². The molecule has 0 spiro atoms. The first kappa shape index (κ1) is 34.1. The number of nitrogens with zero attached hydrogens (tertiary/aromatic N) is 3. The first-order valence-electron chi connectivity index (χ1n) is 17.6. The van der Waals surface area contributed by atoms with Gasteiger partial charge in [0, 0.05) is 43.0 Å². The van der Waals surface area contributed by atoms with Crippen LogP contribution in [0.2, 0.25) is 5.02 Å². The summed E-state index contributed by atoms with van der Waals surface area (Å²) in [5, 5.41) is 0.537. The monoisotopic (exact) mass is 719 g/mol. The van der Waals surface area contributed by atoms with Gasteiger partial charge in [-0.1, -0.05) is 29.8 Å². The van der Waals surface area contributed by atoms with Gasteiger partial charge in [0.25, 0.3) is 0 Å². The van der Waals surface area contributed by atoms with Crippen LogP contribution in [0, 0.1) is 0 Å². The molecule has 0 unspecified atom stereocenters. The fourth-order valence-electron chi connectivity index (χ4n) is 7.73. The molecule has 268 valence electrons. The molecule has 9 rings (SSSR count). The molecule has 6 bridgehead atoms. The Labute approximate surface area is 309 Å². The van der Waals surface area contributed by atoms with E-state index in [1.807, 2.05) is 18.2 Å². The Morgan fingerprint density at radius 2 is 1.38 bits per heavy atom. The van der Waals surface area contributed by atoms with Crippen LogP contribution in [-0.4, -0.2) is 63.3 Å². The second kappa shape index (κ2) is 14.2. The van der Waals surface area contributed by atoms with Gasteiger partial charge in [0.15, 0.2) is 34.5 Å². The second-order valence-electron chi connectivity index (χ2n) is 13.7. The van der Waals surface area contributed by atoms with Gasteiger partial charge in [0.2, 0.25) is 11.6 Å². The molecule has 4 aliphatic rings. The van der Waals surface area contributed by atoms with Crippen molar-refractivity contribution in [1.29, 1.82) is 0 Å². The fourth-order valence-corrected chi connectivity index (χ4v) is 7.84. The summed E-state index contributed by atoms with van der Waals surface area (Å²) in [5.41, 5.74) is 6.96. The van der Waals surface area contributed by atoms with Crippen molar-refractivity contribution < 1.29 is 28.4 Å². The van der Waals surface area contributed by atoms with Gasteiger partial charge in [-0.3, -0.25) is 9.80 Å². The molecule has 0 saturated carbocycles. The maximum Gasteiger partial charge on any atom is 0.219 e. The summed E-state index contributed by atoms with van der Waals surface area (Å²) in [4.78, 5) is 9.14. The van der Waals surface area contributed by atoms with E-state index in [0.717, 1.165) is 49.0 Å². The van der Waals surface area contributed by atoms with Crippen molar-refractivity contribution in [1.82, 2.24) is 14.8 Å². The molecule has 0 amide bonds. The average molecular weight is 720 g/mol. The van der Waals surface area contributed by atoms with E-state index in [-0.39, 0.29) is 12.1 Å². The maximum absolute atomic E-state index is 7.07. The number of likely N-dealkylation sites (N-methyl/N-ethyl adjacent to an activating group) is 2. The van der Waals surface area contributed by atoms with Crippen LogP contribution in [0.5, 0.6) is 51.9 Å². The minimum Gasteiger partial charge on any atom is -0.493 e. The van der Waals surface area contributed by atoms with E-state index >= 15 is 0 Å². The molecule has 0 N–H and O–H groups in total. The number of hydrogen-bond acceptors (Lipinski definition) is 9. The van der Waals surface area contributed by atoms with E-state index in [4.69, 9.17) is 40.0 Å². The van der Waals surface area contributed by atoms with Gasteiger partial charge in [0.05, 0.1) is 26.4 Å². The van der Waals surface area contributed by atoms with E-state index in [2.05, 4.69) is 71.3 Å². The molecule has 1 aromatic heterocycles. The van der Waals surface area contributed by atoms with Crippen molar-refractivity contribution in [2.24, 2.45) is 0 Å². The topological polar surface area (TPSA) is 74.8 Å². The number of pyridine rings is 1. The number of benzene rings is 4. The Hall–Kier alpha value is -4.96. The van der Waals surface area contributed by atoms with Crippen molar-refractivity contribution in [3.8, 4) is 51.9 Å². The summed E-state index contributed by atoms with van der Waals surface area (Å²) in [6, 6.07) is 24.4. The summed E-state index contributed by atoms with van der Waals surface area (Å²) in [5.74, 6) is 5.42. The van der Waals surface area contributed by atoms with E-state index in [0.29, 0.717) is 63.3 Å². The van der Waals surface area contributed by atoms with Crippen molar-refractivity contribution in [3.05, 3.63) is 117 Å². The van der Waals surface area contributed by atoms with Gasteiger partial charge in [-0.2, -0.15) is 0 Å². The van der Waals surface area contributed by atoms with E-state index in [1.54, 1.807) is 39.7 Å². The second-order valence-corrected chi connectivity index (χ2v) is 14.1. The van der Waals surface area contributed by atoms with Gasteiger partial charge in [0.1, 0.15) is 5.75 Å². The van der Waals surface area contributed by atoms with Crippen molar-refractivity contribution >= 4 is 11.6 Å². The fraction of sp³-hybridized carbons (Fsp3) is 0.310. The first-order chi connectivity index (χ1) is 25.3. The lowest BCUT2D eigenvalue weighted by molar-refractivity contribution is 0.220. The Balaban J connectivity index is 1.32. The smallest absolute Gasteiger partial charge is 0.219 e. The highest BCUT2D eigenvalue weighted by Crippen LogP contribution is 2.52. The van der Waals surface area contributed by atoms with Crippen LogP contribution < -0.4 is 28.4 Å². The molecule has 5 heterocycles. The highest BCUT2D eigenvalue weighted by Gasteiger charge is 2.35. The molecule has 4 aromatic carbocycles. The van der Waals surface area contributed by atoms with Crippen LogP contribution in [0.1, 0.15) is 45.5 Å².